The topological polar surface area (TPSA) is 68.7 Å². The molecule has 9 heteroatoms. The first-order chi connectivity index (χ1) is 14.8. The zero-order valence-corrected chi connectivity index (χ0v) is 16.5. The lowest BCUT2D eigenvalue weighted by Crippen LogP contribution is -2.60. The third kappa shape index (κ3) is 4.56. The van der Waals surface area contributed by atoms with E-state index >= 15 is 0 Å². The second-order valence-electron chi connectivity index (χ2n) is 7.72. The van der Waals surface area contributed by atoms with Crippen molar-refractivity contribution in [1.29, 1.82) is 0 Å². The number of hydrogen-bond acceptors (Lipinski definition) is 5. The van der Waals surface area contributed by atoms with Crippen LogP contribution in [0.3, 0.4) is 0 Å². The van der Waals surface area contributed by atoms with Gasteiger partial charge < -0.3 is 9.47 Å². The van der Waals surface area contributed by atoms with Gasteiger partial charge in [0.05, 0.1) is 30.9 Å². The summed E-state index contributed by atoms with van der Waals surface area (Å²) in [5.74, 6) is -1.32. The molecule has 0 N–H and O–H groups in total. The lowest BCUT2D eigenvalue weighted by Gasteiger charge is -2.47. The highest BCUT2D eigenvalue weighted by Crippen LogP contribution is 2.37. The van der Waals surface area contributed by atoms with Gasteiger partial charge in [0, 0.05) is 12.1 Å². The third-order valence-electron chi connectivity index (χ3n) is 5.65. The molecule has 2 aliphatic heterocycles. The lowest BCUT2D eigenvalue weighted by molar-refractivity contribution is -0.138. The van der Waals surface area contributed by atoms with Crippen LogP contribution in [0.1, 0.15) is 34.5 Å². The number of ketones is 1. The Labute approximate surface area is 177 Å². The van der Waals surface area contributed by atoms with E-state index in [1.54, 1.807) is 4.90 Å². The maximum absolute atomic E-state index is 13.3. The van der Waals surface area contributed by atoms with Gasteiger partial charge in [-0.3, -0.25) is 14.7 Å². The van der Waals surface area contributed by atoms with E-state index in [0.29, 0.717) is 0 Å². The van der Waals surface area contributed by atoms with Gasteiger partial charge in [0.15, 0.2) is 5.78 Å². The monoisotopic (exact) mass is 434 g/mol. The minimum absolute atomic E-state index is 0.113. The zero-order chi connectivity index (χ0) is 22.0. The molecule has 2 bridgehead atoms. The van der Waals surface area contributed by atoms with E-state index in [0.717, 1.165) is 17.7 Å². The van der Waals surface area contributed by atoms with Gasteiger partial charge in [-0.1, -0.05) is 30.3 Å². The molecule has 31 heavy (non-hydrogen) atoms. The predicted octanol–water partition coefficient (Wildman–Crippen LogP) is 4.10. The van der Waals surface area contributed by atoms with Crippen LogP contribution in [-0.2, 0) is 22.3 Å². The zero-order valence-electron chi connectivity index (χ0n) is 16.5. The first-order valence-electron chi connectivity index (χ1n) is 9.97. The van der Waals surface area contributed by atoms with Gasteiger partial charge in [-0.2, -0.15) is 13.2 Å². The summed E-state index contributed by atoms with van der Waals surface area (Å²) in [5.41, 5.74) is -0.762. The van der Waals surface area contributed by atoms with Gasteiger partial charge in [-0.05, 0) is 30.5 Å². The van der Waals surface area contributed by atoms with Crippen LogP contribution in [0, 0.1) is 5.92 Å². The normalized spacial score (nSPS) is 23.3. The number of benzene rings is 1. The number of hydrogen-bond donors (Lipinski definition) is 0. The molecule has 164 valence electrons. The first-order valence-corrected chi connectivity index (χ1v) is 9.97. The molecule has 1 amide bonds. The first kappa shape index (κ1) is 21.3. The highest BCUT2D eigenvalue weighted by atomic mass is 19.4. The summed E-state index contributed by atoms with van der Waals surface area (Å²) in [4.78, 5) is 31.0. The Bertz CT molecular complexity index is 937. The van der Waals surface area contributed by atoms with Gasteiger partial charge in [0.25, 0.3) is 0 Å². The van der Waals surface area contributed by atoms with Crippen molar-refractivity contribution < 1.29 is 32.2 Å². The molecule has 2 fully saturated rings. The number of aromatic nitrogens is 1. The molecule has 2 atom stereocenters. The van der Waals surface area contributed by atoms with Crippen molar-refractivity contribution in [3.63, 3.8) is 0 Å². The molecule has 1 aromatic carbocycles. The number of fused-ring (bicyclic) bond motifs is 2. The molecule has 2 aromatic rings. The Hall–Kier alpha value is -2.94. The standard InChI is InChI=1S/C22H21F3N2O4/c23-22(24,25)18-7-4-8-26-19(18)20(28)15-9-16-12-30-13-17(10-15)27(16)21(29)31-11-14-5-2-1-3-6-14/h1-8,15-17H,9-13H2. The fourth-order valence-corrected chi connectivity index (χ4v) is 4.24. The van der Waals surface area contributed by atoms with Crippen molar-refractivity contribution in [2.75, 3.05) is 13.2 Å². The van der Waals surface area contributed by atoms with E-state index in [4.69, 9.17) is 9.47 Å². The van der Waals surface area contributed by atoms with Crippen LogP contribution in [0.5, 0.6) is 0 Å². The largest absolute Gasteiger partial charge is 0.445 e. The van der Waals surface area contributed by atoms with E-state index < -0.39 is 47.3 Å². The van der Waals surface area contributed by atoms with Gasteiger partial charge >= 0.3 is 12.3 Å². The number of piperidine rings is 1. The maximum atomic E-state index is 13.3. The van der Waals surface area contributed by atoms with Gasteiger partial charge in [-0.15, -0.1) is 0 Å². The number of morpholine rings is 1. The molecule has 0 radical (unpaired) electrons. The number of Topliss-reactive ketones (excluding diaryl/α,β-unsaturated/α-hetero) is 1. The number of alkyl halides is 3. The smallest absolute Gasteiger partial charge is 0.418 e. The average Bonchev–Trinajstić information content (AvgIpc) is 2.76. The molecule has 2 saturated heterocycles. The highest BCUT2D eigenvalue weighted by Gasteiger charge is 2.46. The Morgan fingerprint density at radius 1 is 1.06 bits per heavy atom. The fourth-order valence-electron chi connectivity index (χ4n) is 4.24. The number of pyridine rings is 1. The van der Waals surface area contributed by atoms with Crippen molar-refractivity contribution in [3.05, 3.63) is 65.5 Å². The molecule has 0 aliphatic carbocycles. The summed E-state index contributed by atoms with van der Waals surface area (Å²) in [6.07, 6.45) is -3.60. The Balaban J connectivity index is 1.47. The number of amides is 1. The van der Waals surface area contributed by atoms with Crippen molar-refractivity contribution >= 4 is 11.9 Å². The number of rotatable bonds is 4. The number of ether oxygens (including phenoxy) is 2. The van der Waals surface area contributed by atoms with Crippen LogP contribution in [0.2, 0.25) is 0 Å². The summed E-state index contributed by atoms with van der Waals surface area (Å²) < 4.78 is 50.9. The number of carbonyl (C=O) groups is 2. The van der Waals surface area contributed by atoms with E-state index in [1.807, 2.05) is 30.3 Å². The Morgan fingerprint density at radius 2 is 1.74 bits per heavy atom. The van der Waals surface area contributed by atoms with Gasteiger partial charge in [-0.25, -0.2) is 4.79 Å². The molecule has 4 rings (SSSR count). The number of carbonyl (C=O) groups excluding carboxylic acids is 2. The van der Waals surface area contributed by atoms with Crippen LogP contribution in [0.15, 0.2) is 48.7 Å². The summed E-state index contributed by atoms with van der Waals surface area (Å²) in [7, 11) is 0. The molecule has 1 aromatic heterocycles. The van der Waals surface area contributed by atoms with Crippen LogP contribution in [0.4, 0.5) is 18.0 Å². The molecular formula is C22H21F3N2O4. The molecule has 2 unspecified atom stereocenters. The van der Waals surface area contributed by atoms with Gasteiger partial charge in [0.2, 0.25) is 0 Å². The molecule has 0 spiro atoms. The summed E-state index contributed by atoms with van der Waals surface area (Å²) in [5, 5.41) is 0. The van der Waals surface area contributed by atoms with Crippen molar-refractivity contribution in [2.45, 2.75) is 37.7 Å². The molecule has 0 saturated carbocycles. The van der Waals surface area contributed by atoms with E-state index in [-0.39, 0.29) is 32.7 Å². The van der Waals surface area contributed by atoms with Crippen LogP contribution >= 0.6 is 0 Å². The van der Waals surface area contributed by atoms with Crippen LogP contribution in [-0.4, -0.2) is 47.1 Å². The maximum Gasteiger partial charge on any atom is 0.418 e. The summed E-state index contributed by atoms with van der Waals surface area (Å²) >= 11 is 0. The predicted molar refractivity (Wildman–Crippen MR) is 103 cm³/mol. The minimum atomic E-state index is -4.67. The minimum Gasteiger partial charge on any atom is -0.445 e. The molecular weight excluding hydrogens is 413 g/mol. The highest BCUT2D eigenvalue weighted by molar-refractivity contribution is 5.97. The van der Waals surface area contributed by atoms with E-state index in [1.165, 1.54) is 6.20 Å². The van der Waals surface area contributed by atoms with Crippen molar-refractivity contribution in [1.82, 2.24) is 9.88 Å². The molecule has 6 nitrogen and oxygen atoms in total. The van der Waals surface area contributed by atoms with Gasteiger partial charge in [0.1, 0.15) is 12.3 Å². The number of nitrogens with zero attached hydrogens (tertiary/aromatic N) is 2. The molecule has 2 aliphatic rings. The van der Waals surface area contributed by atoms with E-state index in [9.17, 15) is 22.8 Å². The van der Waals surface area contributed by atoms with Crippen LogP contribution < -0.4 is 0 Å². The molecule has 3 heterocycles. The summed E-state index contributed by atoms with van der Waals surface area (Å²) in [6, 6.07) is 10.4. The summed E-state index contributed by atoms with van der Waals surface area (Å²) in [6.45, 7) is 0.520. The second kappa shape index (κ2) is 8.66. The Morgan fingerprint density at radius 3 is 2.39 bits per heavy atom. The van der Waals surface area contributed by atoms with E-state index in [2.05, 4.69) is 4.98 Å². The second-order valence-corrected chi connectivity index (χ2v) is 7.72. The number of halogens is 3. The average molecular weight is 434 g/mol. The van der Waals surface area contributed by atoms with Crippen LogP contribution in [0.25, 0.3) is 0 Å². The lowest BCUT2D eigenvalue weighted by atomic mass is 9.81. The van der Waals surface area contributed by atoms with Crippen molar-refractivity contribution in [3.8, 4) is 0 Å². The van der Waals surface area contributed by atoms with Crippen molar-refractivity contribution in [2.24, 2.45) is 5.92 Å². The Kier molecular flexibility index (Phi) is 5.95. The quantitative estimate of drug-likeness (QED) is 0.678. The third-order valence-corrected chi connectivity index (χ3v) is 5.65. The fraction of sp³-hybridized carbons (Fsp3) is 0.409. The SMILES string of the molecule is O=C(c1ncccc1C(F)(F)F)C1CC2COCC(C1)N2C(=O)OCc1ccccc1.